The Morgan fingerprint density at radius 2 is 0.625 bits per heavy atom. The number of ether oxygens (including phenoxy) is 8. The molecule has 0 aromatic heterocycles. The number of esters is 6. The number of anilines is 2. The maximum absolute atomic E-state index is 13.7. The van der Waals surface area contributed by atoms with Gasteiger partial charge >= 0.3 is 35.8 Å². The zero-order valence-electron chi connectivity index (χ0n) is 62.1. The molecule has 0 amide bonds. The minimum absolute atomic E-state index is 0.276. The van der Waals surface area contributed by atoms with Gasteiger partial charge in [0.15, 0.2) is 0 Å². The van der Waals surface area contributed by atoms with E-state index in [-0.39, 0.29) is 34.6 Å². The van der Waals surface area contributed by atoms with Crippen molar-refractivity contribution in [3.63, 3.8) is 0 Å². The number of azo groups is 2. The molecule has 2 N–H and O–H groups in total. The molecule has 20 nitrogen and oxygen atoms in total. The average Bonchev–Trinajstić information content (AvgIpc) is 0.795. The third kappa shape index (κ3) is 21.7. The van der Waals surface area contributed by atoms with Crippen LogP contribution in [-0.2, 0) is 32.2 Å². The van der Waals surface area contributed by atoms with Crippen LogP contribution in [0.25, 0.3) is 32.3 Å². The Kier molecular flexibility index (Phi) is 26.9. The van der Waals surface area contributed by atoms with Gasteiger partial charge in [0, 0.05) is 67.9 Å². The van der Waals surface area contributed by atoms with Crippen molar-refractivity contribution in [2.45, 2.75) is 78.3 Å². The minimum Gasteiger partial charge on any atom is -0.494 e. The molecule has 0 bridgehead atoms. The maximum Gasteiger partial charge on any atom is 0.343 e. The average molecular weight is 1500 g/mol. The van der Waals surface area contributed by atoms with Crippen LogP contribution in [0.4, 0.5) is 34.1 Å². The van der Waals surface area contributed by atoms with Crippen LogP contribution >= 0.6 is 0 Å². The lowest BCUT2D eigenvalue weighted by Gasteiger charge is -2.12. The molecular formula is C92H82N6O14. The second kappa shape index (κ2) is 38.8. The van der Waals surface area contributed by atoms with Gasteiger partial charge in [-0.25, -0.2) is 28.8 Å². The van der Waals surface area contributed by atoms with Gasteiger partial charge in [0.05, 0.1) is 71.4 Å². The predicted molar refractivity (Wildman–Crippen MR) is 433 cm³/mol. The second-order valence-corrected chi connectivity index (χ2v) is 26.4. The Hall–Kier alpha value is -13.9. The van der Waals surface area contributed by atoms with Gasteiger partial charge in [0.2, 0.25) is 0 Å². The quantitative estimate of drug-likeness (QED) is 0.0122. The van der Waals surface area contributed by atoms with Gasteiger partial charge in [-0.05, 0) is 234 Å². The molecule has 0 saturated carbocycles. The van der Waals surface area contributed by atoms with Gasteiger partial charge in [-0.2, -0.15) is 10.2 Å². The Balaban J connectivity index is 0.576. The molecule has 0 saturated heterocycles. The highest BCUT2D eigenvalue weighted by Gasteiger charge is 2.19. The first-order chi connectivity index (χ1) is 54.6. The maximum atomic E-state index is 13.7. The molecule has 0 fully saturated rings. The summed E-state index contributed by atoms with van der Waals surface area (Å²) in [4.78, 5) is 76.4. The number of hydrogen-bond acceptors (Lipinski definition) is 20. The molecule has 564 valence electrons. The Labute approximate surface area is 648 Å². The number of carbonyl (C=O) groups is 6. The smallest absolute Gasteiger partial charge is 0.343 e. The van der Waals surface area contributed by atoms with Crippen molar-refractivity contribution in [3.8, 4) is 34.5 Å². The van der Waals surface area contributed by atoms with E-state index in [1.54, 1.807) is 172 Å². The van der Waals surface area contributed by atoms with Crippen molar-refractivity contribution in [3.05, 3.63) is 312 Å². The summed E-state index contributed by atoms with van der Waals surface area (Å²) < 4.78 is 45.2. The van der Waals surface area contributed by atoms with Crippen LogP contribution in [-0.4, -0.2) is 62.2 Å². The minimum atomic E-state index is -0.599. The van der Waals surface area contributed by atoms with Gasteiger partial charge in [-0.3, -0.25) is 0 Å². The van der Waals surface area contributed by atoms with E-state index in [2.05, 4.69) is 44.2 Å². The number of nitrogens with one attached hydrogen (secondary N) is 2. The molecule has 12 rings (SSSR count). The lowest BCUT2D eigenvalue weighted by Crippen LogP contribution is -2.09. The molecule has 0 aliphatic rings. The van der Waals surface area contributed by atoms with E-state index in [9.17, 15) is 28.8 Å². The lowest BCUT2D eigenvalue weighted by molar-refractivity contribution is -0.139. The SMILES string of the molecule is C=C(C)C(=O)OCCCCCCOc1ccc(C(=O)Oc2ccc(CNc3ccc(/N=N/c4ccc(C(=O)Oc5cccc6c(OC(=O)c7ccc(/N=N/c8ccc(NCc9ccc(OC(=O)c%10ccc(OCCCCCCOC(=O)C(=C)C)cc%10)cc9)c9ccccc89)cc7)cccc56)cc4)c4ccccc34)cc2)cc1. The molecule has 0 heterocycles. The van der Waals surface area contributed by atoms with Gasteiger partial charge < -0.3 is 48.5 Å². The number of fused-ring (bicyclic) bond motifs is 3. The fourth-order valence-corrected chi connectivity index (χ4v) is 11.9. The topological polar surface area (TPSA) is 250 Å². The zero-order valence-corrected chi connectivity index (χ0v) is 62.1. The first-order valence-corrected chi connectivity index (χ1v) is 36.9. The van der Waals surface area contributed by atoms with Crippen molar-refractivity contribution in [1.29, 1.82) is 0 Å². The molecule has 0 aliphatic heterocycles. The van der Waals surface area contributed by atoms with Gasteiger partial charge in [0.1, 0.15) is 34.5 Å². The molecule has 12 aromatic carbocycles. The normalized spacial score (nSPS) is 11.1. The number of nitrogens with zero attached hydrogens (tertiary/aromatic N) is 4. The number of unbranched alkanes of at least 4 members (excludes halogenated alkanes) is 6. The Bertz CT molecular complexity index is 5080. The van der Waals surface area contributed by atoms with Crippen molar-refractivity contribution in [2.24, 2.45) is 20.5 Å². The zero-order chi connectivity index (χ0) is 78.0. The summed E-state index contributed by atoms with van der Waals surface area (Å²) in [6.45, 7) is 13.2. The van der Waals surface area contributed by atoms with E-state index in [0.717, 1.165) is 95.4 Å². The van der Waals surface area contributed by atoms with Crippen molar-refractivity contribution in [1.82, 2.24) is 0 Å². The fraction of sp³-hybridized carbons (Fsp3) is 0.174. The summed E-state index contributed by atoms with van der Waals surface area (Å²) in [6, 6.07) is 75.4. The number of rotatable bonds is 36. The summed E-state index contributed by atoms with van der Waals surface area (Å²) in [5.41, 5.74) is 8.22. The largest absolute Gasteiger partial charge is 0.494 e. The third-order valence-corrected chi connectivity index (χ3v) is 18.0. The summed E-state index contributed by atoms with van der Waals surface area (Å²) in [7, 11) is 0. The van der Waals surface area contributed by atoms with E-state index < -0.39 is 23.9 Å². The number of carbonyl (C=O) groups excluding carboxylic acids is 6. The third-order valence-electron chi connectivity index (χ3n) is 18.0. The number of hydrogen-bond donors (Lipinski definition) is 2. The monoisotopic (exact) mass is 1490 g/mol. The van der Waals surface area contributed by atoms with E-state index >= 15 is 0 Å². The van der Waals surface area contributed by atoms with Crippen LogP contribution < -0.4 is 39.1 Å². The molecule has 0 atom stereocenters. The molecule has 12 aromatic rings. The fourth-order valence-electron chi connectivity index (χ4n) is 11.9. The highest BCUT2D eigenvalue weighted by molar-refractivity contribution is 6.03. The molecule has 0 aliphatic carbocycles. The summed E-state index contributed by atoms with van der Waals surface area (Å²) in [6.07, 6.45) is 6.97. The lowest BCUT2D eigenvalue weighted by atomic mass is 10.1. The second-order valence-electron chi connectivity index (χ2n) is 26.4. The van der Waals surface area contributed by atoms with Crippen molar-refractivity contribution >= 4 is 102 Å². The van der Waals surface area contributed by atoms with Crippen LogP contribution in [0, 0.1) is 0 Å². The van der Waals surface area contributed by atoms with E-state index in [1.807, 2.05) is 97.1 Å². The molecule has 0 spiro atoms. The van der Waals surface area contributed by atoms with Gasteiger partial charge in [0.25, 0.3) is 0 Å². The summed E-state index contributed by atoms with van der Waals surface area (Å²) in [5, 5.41) is 30.1. The molecule has 0 unspecified atom stereocenters. The van der Waals surface area contributed by atoms with E-state index in [0.29, 0.717) is 118 Å². The predicted octanol–water partition coefficient (Wildman–Crippen LogP) is 22.2. The van der Waals surface area contributed by atoms with E-state index in [4.69, 9.17) is 37.9 Å². The highest BCUT2D eigenvalue weighted by Crippen LogP contribution is 2.38. The Morgan fingerprint density at radius 3 is 0.991 bits per heavy atom. The first-order valence-electron chi connectivity index (χ1n) is 36.9. The highest BCUT2D eigenvalue weighted by atomic mass is 16.6. The van der Waals surface area contributed by atoms with Gasteiger partial charge in [-0.15, -0.1) is 10.2 Å². The van der Waals surface area contributed by atoms with Crippen molar-refractivity contribution in [2.75, 3.05) is 37.1 Å². The molecular weight excluding hydrogens is 1410 g/mol. The van der Waals surface area contributed by atoms with Crippen LogP contribution in [0.2, 0.25) is 0 Å². The Morgan fingerprint density at radius 1 is 0.304 bits per heavy atom. The van der Waals surface area contributed by atoms with Crippen LogP contribution in [0.1, 0.15) is 118 Å². The first kappa shape index (κ1) is 77.7. The molecule has 112 heavy (non-hydrogen) atoms. The standard InChI is InChI=1S/C92H82N6O14/c1-61(2)87(99)107-57-15-7-5-13-55-105-71-47-35-67(36-48-71)89(101)109-73-43-27-63(28-44-73)59-93-81-51-53-83(77-21-11-9-19-75(77)81)97-95-69-39-31-65(32-40-69)91(103)111-85-25-17-24-80-79(85)23-18-26-86(80)112-92(104)66-33-41-70(42-34-66)96-98-84-54-52-82(76-20-10-12-22-78(76)84)94-60-64-29-45-74(46-30-64)110-90(102)68-37-49-72(50-38-68)106-56-14-6-8-16-58-108-88(100)62(3)4/h9-12,17-54,93-94H,1,3,5-8,13-16,55-60H2,2,4H3/b97-95+,98-96+. The van der Waals surface area contributed by atoms with Crippen LogP contribution in [0.15, 0.2) is 300 Å². The molecule has 0 radical (unpaired) electrons. The molecule has 20 heteroatoms. The summed E-state index contributed by atoms with van der Waals surface area (Å²) in [5.74, 6) is -0.184. The van der Waals surface area contributed by atoms with Crippen LogP contribution in [0.3, 0.4) is 0 Å². The summed E-state index contributed by atoms with van der Waals surface area (Å²) >= 11 is 0. The van der Waals surface area contributed by atoms with Crippen molar-refractivity contribution < 1.29 is 66.7 Å². The van der Waals surface area contributed by atoms with Gasteiger partial charge in [-0.1, -0.05) is 110 Å². The van der Waals surface area contributed by atoms with E-state index in [1.165, 1.54) is 0 Å². The number of benzene rings is 12. The van der Waals surface area contributed by atoms with Crippen LogP contribution in [0.5, 0.6) is 34.5 Å².